The Kier molecular flexibility index (Phi) is 12.7. The first-order valence-electron chi connectivity index (χ1n) is 9.58. The van der Waals surface area contributed by atoms with Gasteiger partial charge in [-0.2, -0.15) is 0 Å². The zero-order valence-electron chi connectivity index (χ0n) is 17.1. The summed E-state index contributed by atoms with van der Waals surface area (Å²) < 4.78 is 0. The molecule has 0 saturated carbocycles. The molecule has 5 N–H and O–H groups in total. The molecule has 164 valence electrons. The van der Waals surface area contributed by atoms with Crippen molar-refractivity contribution in [2.75, 3.05) is 6.54 Å². The fourth-order valence-corrected chi connectivity index (χ4v) is 2.32. The Hall–Kier alpha value is -2.91. The fraction of sp³-hybridized carbons (Fsp3) is 0.632. The van der Waals surface area contributed by atoms with E-state index in [1.54, 1.807) is 0 Å². The van der Waals surface area contributed by atoms with Gasteiger partial charge in [0.2, 0.25) is 17.7 Å². The van der Waals surface area contributed by atoms with Crippen LogP contribution in [0, 0.1) is 5.92 Å². The third-order valence-corrected chi connectivity index (χ3v) is 4.10. The molecule has 0 aromatic rings. The molecule has 0 bridgehead atoms. The first-order chi connectivity index (χ1) is 13.6. The van der Waals surface area contributed by atoms with Crippen molar-refractivity contribution in [2.45, 2.75) is 65.0 Å². The van der Waals surface area contributed by atoms with Crippen LogP contribution in [0.3, 0.4) is 0 Å². The Morgan fingerprint density at radius 1 is 0.931 bits per heavy atom. The van der Waals surface area contributed by atoms with E-state index in [4.69, 9.17) is 5.11 Å². The molecule has 0 spiro atoms. The molecule has 10 nitrogen and oxygen atoms in total. The topological polar surface area (TPSA) is 162 Å². The van der Waals surface area contributed by atoms with E-state index >= 15 is 0 Å². The van der Waals surface area contributed by atoms with Crippen LogP contribution in [0.5, 0.6) is 0 Å². The van der Waals surface area contributed by atoms with Gasteiger partial charge in [0.15, 0.2) is 0 Å². The van der Waals surface area contributed by atoms with Crippen LogP contribution in [-0.2, 0) is 24.0 Å². The summed E-state index contributed by atoms with van der Waals surface area (Å²) in [5.74, 6) is -4.12. The van der Waals surface area contributed by atoms with Gasteiger partial charge in [0, 0.05) is 12.8 Å². The molecule has 0 rings (SSSR count). The molecule has 3 amide bonds. The van der Waals surface area contributed by atoms with E-state index in [0.717, 1.165) is 12.8 Å². The third-order valence-electron chi connectivity index (χ3n) is 4.10. The minimum absolute atomic E-state index is 0.0133. The first kappa shape index (κ1) is 26.1. The molecule has 0 aliphatic rings. The van der Waals surface area contributed by atoms with Gasteiger partial charge in [-0.05, 0) is 32.1 Å². The summed E-state index contributed by atoms with van der Waals surface area (Å²) in [6, 6.07) is -2.31. The van der Waals surface area contributed by atoms with E-state index in [0.29, 0.717) is 0 Å². The number of aliphatic carboxylic acids is 2. The maximum absolute atomic E-state index is 12.1. The number of hydrogen-bond acceptors (Lipinski definition) is 5. The predicted molar refractivity (Wildman–Crippen MR) is 105 cm³/mol. The molecule has 0 fully saturated rings. The Balaban J connectivity index is 4.45. The number of carboxylic acids is 2. The lowest BCUT2D eigenvalue weighted by atomic mass is 10.0. The van der Waals surface area contributed by atoms with E-state index in [1.807, 2.05) is 26.0 Å². The average Bonchev–Trinajstić information content (AvgIpc) is 2.66. The number of nitrogens with one attached hydrogen (secondary N) is 3. The van der Waals surface area contributed by atoms with Crippen molar-refractivity contribution in [1.29, 1.82) is 0 Å². The number of carboxylic acid groups (broad SMARTS) is 2. The SMILES string of the molecule is CC/C=C/C(CC)CC(=O)N[C@H](CCC(=O)NCC(=O)N[C@H](C)C(=O)O)C(=O)O. The summed E-state index contributed by atoms with van der Waals surface area (Å²) >= 11 is 0. The average molecular weight is 413 g/mol. The predicted octanol–water partition coefficient (Wildman–Crippen LogP) is 0.424. The summed E-state index contributed by atoms with van der Waals surface area (Å²) in [5.41, 5.74) is 0. The molecule has 0 aliphatic heterocycles. The van der Waals surface area contributed by atoms with Crippen LogP contribution in [0.4, 0.5) is 0 Å². The molecule has 10 heteroatoms. The van der Waals surface area contributed by atoms with Gasteiger partial charge in [0.1, 0.15) is 12.1 Å². The van der Waals surface area contributed by atoms with Crippen LogP contribution in [0.25, 0.3) is 0 Å². The Labute approximate surface area is 170 Å². The zero-order chi connectivity index (χ0) is 22.4. The Morgan fingerprint density at radius 3 is 2.10 bits per heavy atom. The molecule has 29 heavy (non-hydrogen) atoms. The highest BCUT2D eigenvalue weighted by atomic mass is 16.4. The van der Waals surface area contributed by atoms with Crippen molar-refractivity contribution in [3.05, 3.63) is 12.2 Å². The highest BCUT2D eigenvalue weighted by Gasteiger charge is 2.22. The van der Waals surface area contributed by atoms with Crippen molar-refractivity contribution in [3.63, 3.8) is 0 Å². The number of amides is 3. The summed E-state index contributed by atoms with van der Waals surface area (Å²) in [4.78, 5) is 57.4. The maximum atomic E-state index is 12.1. The van der Waals surface area contributed by atoms with Crippen molar-refractivity contribution >= 4 is 29.7 Å². The van der Waals surface area contributed by atoms with Crippen LogP contribution in [0.1, 0.15) is 52.9 Å². The second kappa shape index (κ2) is 14.1. The molecule has 0 aromatic carbocycles. The van der Waals surface area contributed by atoms with Gasteiger partial charge in [-0.3, -0.25) is 19.2 Å². The van der Waals surface area contributed by atoms with E-state index < -0.39 is 48.3 Å². The second-order valence-corrected chi connectivity index (χ2v) is 6.61. The second-order valence-electron chi connectivity index (χ2n) is 6.61. The molecule has 3 atom stereocenters. The highest BCUT2D eigenvalue weighted by Crippen LogP contribution is 2.11. The summed E-state index contributed by atoms with van der Waals surface area (Å²) in [7, 11) is 0. The molecular weight excluding hydrogens is 382 g/mol. The molecule has 0 saturated heterocycles. The minimum atomic E-state index is -1.25. The number of carbonyl (C=O) groups is 5. The summed E-state index contributed by atoms with van der Waals surface area (Å²) in [6.45, 7) is 4.77. The van der Waals surface area contributed by atoms with E-state index in [1.165, 1.54) is 6.92 Å². The quantitative estimate of drug-likeness (QED) is 0.258. The van der Waals surface area contributed by atoms with Gasteiger partial charge in [-0.15, -0.1) is 0 Å². The smallest absolute Gasteiger partial charge is 0.326 e. The molecule has 0 aromatic heterocycles. The van der Waals surface area contributed by atoms with Crippen LogP contribution in [0.15, 0.2) is 12.2 Å². The Morgan fingerprint density at radius 2 is 1.59 bits per heavy atom. The maximum Gasteiger partial charge on any atom is 0.326 e. The molecule has 0 radical (unpaired) electrons. The lowest BCUT2D eigenvalue weighted by Gasteiger charge is -2.16. The lowest BCUT2D eigenvalue weighted by Crippen LogP contribution is -2.45. The number of hydrogen-bond donors (Lipinski definition) is 5. The Bertz CT molecular complexity index is 619. The van der Waals surface area contributed by atoms with Gasteiger partial charge in [0.25, 0.3) is 0 Å². The highest BCUT2D eigenvalue weighted by molar-refractivity contribution is 5.88. The monoisotopic (exact) mass is 413 g/mol. The van der Waals surface area contributed by atoms with Gasteiger partial charge in [0.05, 0.1) is 6.54 Å². The number of allylic oxidation sites excluding steroid dienone is 2. The van der Waals surface area contributed by atoms with Crippen molar-refractivity contribution < 1.29 is 34.2 Å². The van der Waals surface area contributed by atoms with E-state index in [2.05, 4.69) is 16.0 Å². The molecular formula is C19H31N3O7. The summed E-state index contributed by atoms with van der Waals surface area (Å²) in [5, 5.41) is 24.8. The largest absolute Gasteiger partial charge is 0.480 e. The summed E-state index contributed by atoms with van der Waals surface area (Å²) in [6.07, 6.45) is 5.27. The van der Waals surface area contributed by atoms with Gasteiger partial charge < -0.3 is 26.2 Å². The zero-order valence-corrected chi connectivity index (χ0v) is 17.1. The first-order valence-corrected chi connectivity index (χ1v) is 9.58. The number of carbonyl (C=O) groups excluding carboxylic acids is 3. The molecule has 1 unspecified atom stereocenters. The van der Waals surface area contributed by atoms with Crippen LogP contribution < -0.4 is 16.0 Å². The minimum Gasteiger partial charge on any atom is -0.480 e. The lowest BCUT2D eigenvalue weighted by molar-refractivity contribution is -0.142. The molecule has 0 heterocycles. The normalized spacial score (nSPS) is 13.9. The fourth-order valence-electron chi connectivity index (χ4n) is 2.32. The van der Waals surface area contributed by atoms with Gasteiger partial charge in [-0.1, -0.05) is 26.0 Å². The van der Waals surface area contributed by atoms with Gasteiger partial charge in [-0.25, -0.2) is 4.79 Å². The van der Waals surface area contributed by atoms with Crippen molar-refractivity contribution in [2.24, 2.45) is 5.92 Å². The number of rotatable bonds is 14. The van der Waals surface area contributed by atoms with Crippen LogP contribution >= 0.6 is 0 Å². The molecule has 0 aliphatic carbocycles. The third kappa shape index (κ3) is 12.2. The van der Waals surface area contributed by atoms with Crippen LogP contribution in [-0.4, -0.2) is 58.5 Å². The van der Waals surface area contributed by atoms with E-state index in [-0.39, 0.29) is 25.2 Å². The van der Waals surface area contributed by atoms with Crippen LogP contribution in [0.2, 0.25) is 0 Å². The van der Waals surface area contributed by atoms with Crippen molar-refractivity contribution in [3.8, 4) is 0 Å². The van der Waals surface area contributed by atoms with Gasteiger partial charge >= 0.3 is 11.9 Å². The standard InChI is InChI=1S/C19H31N3O7/c1-4-6-7-13(5-2)10-16(24)22-14(19(28)29)8-9-15(23)20-11-17(25)21-12(3)18(26)27/h6-7,12-14H,4-5,8-11H2,1-3H3,(H,20,23)(H,21,25)(H,22,24)(H,26,27)(H,28,29)/b7-6+/t12-,13?,14-/m1/s1. The van der Waals surface area contributed by atoms with E-state index in [9.17, 15) is 29.1 Å². The van der Waals surface area contributed by atoms with Crippen molar-refractivity contribution in [1.82, 2.24) is 16.0 Å².